The monoisotopic (exact) mass is 206 g/mol. The van der Waals surface area contributed by atoms with Gasteiger partial charge in [-0.05, 0) is 44.5 Å². The maximum Gasteiger partial charge on any atom is 0.248 e. The lowest BCUT2D eigenvalue weighted by Crippen LogP contribution is -2.14. The maximum absolute atomic E-state index is 11.1. The summed E-state index contributed by atoms with van der Waals surface area (Å²) in [7, 11) is 1.94. The molecule has 1 aromatic rings. The van der Waals surface area contributed by atoms with Gasteiger partial charge in [-0.15, -0.1) is 0 Å². The van der Waals surface area contributed by atoms with Gasteiger partial charge in [0.1, 0.15) is 0 Å². The van der Waals surface area contributed by atoms with Gasteiger partial charge in [0.15, 0.2) is 0 Å². The fraction of sp³-hybridized carbons (Fsp3) is 0.417. The molecule has 0 saturated heterocycles. The lowest BCUT2D eigenvalue weighted by molar-refractivity contribution is 0.0999. The molecule has 0 fully saturated rings. The summed E-state index contributed by atoms with van der Waals surface area (Å²) in [5, 5.41) is 3.10. The van der Waals surface area contributed by atoms with Crippen molar-refractivity contribution in [2.24, 2.45) is 5.73 Å². The van der Waals surface area contributed by atoms with Crippen LogP contribution >= 0.6 is 0 Å². The van der Waals surface area contributed by atoms with Crippen LogP contribution in [0.15, 0.2) is 24.3 Å². The fourth-order valence-electron chi connectivity index (χ4n) is 1.60. The van der Waals surface area contributed by atoms with Crippen molar-refractivity contribution in [3.05, 3.63) is 35.4 Å². The zero-order valence-corrected chi connectivity index (χ0v) is 9.12. The topological polar surface area (TPSA) is 55.1 Å². The standard InChI is InChI=1S/C12H18N2O/c1-14-9-5-4-7-10-6-2-3-8-11(10)12(13)15/h2-3,6,8,14H,4-5,7,9H2,1H3,(H2,13,15). The first-order chi connectivity index (χ1) is 7.25. The lowest BCUT2D eigenvalue weighted by atomic mass is 10.0. The van der Waals surface area contributed by atoms with Crippen molar-refractivity contribution in [2.75, 3.05) is 13.6 Å². The minimum atomic E-state index is -0.334. The molecule has 0 aliphatic rings. The van der Waals surface area contributed by atoms with Crippen LogP contribution in [0.1, 0.15) is 28.8 Å². The highest BCUT2D eigenvalue weighted by molar-refractivity contribution is 5.94. The zero-order valence-electron chi connectivity index (χ0n) is 9.12. The van der Waals surface area contributed by atoms with Crippen LogP contribution in [-0.4, -0.2) is 19.5 Å². The maximum atomic E-state index is 11.1. The lowest BCUT2D eigenvalue weighted by Gasteiger charge is -2.05. The van der Waals surface area contributed by atoms with Crippen LogP contribution in [0.5, 0.6) is 0 Å². The van der Waals surface area contributed by atoms with Crippen molar-refractivity contribution in [3.8, 4) is 0 Å². The Balaban J connectivity index is 2.56. The summed E-state index contributed by atoms with van der Waals surface area (Å²) in [5.74, 6) is -0.334. The van der Waals surface area contributed by atoms with Gasteiger partial charge >= 0.3 is 0 Å². The Morgan fingerprint density at radius 3 is 2.73 bits per heavy atom. The summed E-state index contributed by atoms with van der Waals surface area (Å²) in [6, 6.07) is 7.55. The minimum Gasteiger partial charge on any atom is -0.366 e. The van der Waals surface area contributed by atoms with Crippen LogP contribution in [0.3, 0.4) is 0 Å². The number of aryl methyl sites for hydroxylation is 1. The van der Waals surface area contributed by atoms with Gasteiger partial charge in [-0.2, -0.15) is 0 Å². The normalized spacial score (nSPS) is 10.2. The minimum absolute atomic E-state index is 0.334. The number of carbonyl (C=O) groups is 1. The van der Waals surface area contributed by atoms with Gasteiger partial charge in [0, 0.05) is 5.56 Å². The molecular formula is C12H18N2O. The van der Waals surface area contributed by atoms with E-state index in [4.69, 9.17) is 5.73 Å². The molecule has 1 amide bonds. The molecule has 0 aromatic heterocycles. The van der Waals surface area contributed by atoms with Gasteiger partial charge in [0.2, 0.25) is 5.91 Å². The number of hydrogen-bond acceptors (Lipinski definition) is 2. The molecule has 3 nitrogen and oxygen atoms in total. The van der Waals surface area contributed by atoms with Crippen LogP contribution in [0.2, 0.25) is 0 Å². The largest absolute Gasteiger partial charge is 0.366 e. The number of hydrogen-bond donors (Lipinski definition) is 2. The molecule has 3 heteroatoms. The van der Waals surface area contributed by atoms with Crippen molar-refractivity contribution in [3.63, 3.8) is 0 Å². The van der Waals surface area contributed by atoms with Crippen LogP contribution in [-0.2, 0) is 6.42 Å². The number of rotatable bonds is 6. The smallest absolute Gasteiger partial charge is 0.248 e. The summed E-state index contributed by atoms with van der Waals surface area (Å²) < 4.78 is 0. The first-order valence-corrected chi connectivity index (χ1v) is 5.28. The fourth-order valence-corrected chi connectivity index (χ4v) is 1.60. The van der Waals surface area contributed by atoms with E-state index < -0.39 is 0 Å². The van der Waals surface area contributed by atoms with Crippen molar-refractivity contribution in [1.82, 2.24) is 5.32 Å². The van der Waals surface area contributed by atoms with E-state index in [1.807, 2.05) is 25.2 Å². The van der Waals surface area contributed by atoms with Crippen molar-refractivity contribution >= 4 is 5.91 Å². The second kappa shape index (κ2) is 6.19. The third-order valence-corrected chi connectivity index (χ3v) is 2.41. The van der Waals surface area contributed by atoms with Gasteiger partial charge < -0.3 is 11.1 Å². The van der Waals surface area contributed by atoms with Gasteiger partial charge in [-0.3, -0.25) is 4.79 Å². The zero-order chi connectivity index (χ0) is 11.1. The van der Waals surface area contributed by atoms with Crippen LogP contribution in [0.4, 0.5) is 0 Å². The van der Waals surface area contributed by atoms with E-state index in [0.717, 1.165) is 31.4 Å². The Hall–Kier alpha value is -1.35. The van der Waals surface area contributed by atoms with Gasteiger partial charge in [0.25, 0.3) is 0 Å². The number of nitrogens with two attached hydrogens (primary N) is 1. The molecule has 0 heterocycles. The van der Waals surface area contributed by atoms with Crippen molar-refractivity contribution in [1.29, 1.82) is 0 Å². The molecule has 1 aromatic carbocycles. The Morgan fingerprint density at radius 2 is 2.07 bits per heavy atom. The number of nitrogens with one attached hydrogen (secondary N) is 1. The molecule has 0 aliphatic heterocycles. The molecule has 1 rings (SSSR count). The SMILES string of the molecule is CNCCCCc1ccccc1C(N)=O. The van der Waals surface area contributed by atoms with E-state index in [-0.39, 0.29) is 5.91 Å². The highest BCUT2D eigenvalue weighted by Crippen LogP contribution is 2.11. The molecule has 0 aliphatic carbocycles. The average molecular weight is 206 g/mol. The number of unbranched alkanes of at least 4 members (excludes halogenated alkanes) is 1. The number of amides is 1. The summed E-state index contributed by atoms with van der Waals surface area (Å²) in [5.41, 5.74) is 7.00. The highest BCUT2D eigenvalue weighted by atomic mass is 16.1. The van der Waals surface area contributed by atoms with E-state index in [1.54, 1.807) is 6.07 Å². The highest BCUT2D eigenvalue weighted by Gasteiger charge is 2.05. The molecule has 0 radical (unpaired) electrons. The third kappa shape index (κ3) is 3.72. The van der Waals surface area contributed by atoms with Crippen LogP contribution in [0.25, 0.3) is 0 Å². The molecule has 0 bridgehead atoms. The predicted octanol–water partition coefficient (Wildman–Crippen LogP) is 1.33. The molecule has 82 valence electrons. The summed E-state index contributed by atoms with van der Waals surface area (Å²) in [6.07, 6.45) is 3.11. The molecular weight excluding hydrogens is 188 g/mol. The second-order valence-electron chi connectivity index (χ2n) is 3.58. The Morgan fingerprint density at radius 1 is 1.33 bits per heavy atom. The van der Waals surface area contributed by atoms with E-state index in [0.29, 0.717) is 5.56 Å². The summed E-state index contributed by atoms with van der Waals surface area (Å²) in [4.78, 5) is 11.1. The summed E-state index contributed by atoms with van der Waals surface area (Å²) >= 11 is 0. The van der Waals surface area contributed by atoms with Crippen molar-refractivity contribution in [2.45, 2.75) is 19.3 Å². The molecule has 15 heavy (non-hydrogen) atoms. The quantitative estimate of drug-likeness (QED) is 0.690. The van der Waals surface area contributed by atoms with Crippen molar-refractivity contribution < 1.29 is 4.79 Å². The van der Waals surface area contributed by atoms with E-state index in [2.05, 4.69) is 5.32 Å². The van der Waals surface area contributed by atoms with Gasteiger partial charge in [-0.25, -0.2) is 0 Å². The van der Waals surface area contributed by atoms with E-state index in [1.165, 1.54) is 0 Å². The second-order valence-corrected chi connectivity index (χ2v) is 3.58. The number of carbonyl (C=O) groups excluding carboxylic acids is 1. The Kier molecular flexibility index (Phi) is 4.84. The number of benzene rings is 1. The van der Waals surface area contributed by atoms with Gasteiger partial charge in [-0.1, -0.05) is 18.2 Å². The molecule has 0 saturated carbocycles. The number of primary amides is 1. The predicted molar refractivity (Wildman–Crippen MR) is 61.8 cm³/mol. The Labute approximate surface area is 90.7 Å². The first kappa shape index (κ1) is 11.7. The van der Waals surface area contributed by atoms with Gasteiger partial charge in [0.05, 0.1) is 0 Å². The summed E-state index contributed by atoms with van der Waals surface area (Å²) in [6.45, 7) is 1.01. The van der Waals surface area contributed by atoms with Crippen LogP contribution in [0, 0.1) is 0 Å². The third-order valence-electron chi connectivity index (χ3n) is 2.41. The average Bonchev–Trinajstić information content (AvgIpc) is 2.25. The van der Waals surface area contributed by atoms with Crippen LogP contribution < -0.4 is 11.1 Å². The molecule has 0 spiro atoms. The molecule has 0 unspecified atom stereocenters. The molecule has 0 atom stereocenters. The molecule has 3 N–H and O–H groups in total. The van der Waals surface area contributed by atoms with E-state index in [9.17, 15) is 4.79 Å². The first-order valence-electron chi connectivity index (χ1n) is 5.28. The Bertz CT molecular complexity index is 323. The van der Waals surface area contributed by atoms with E-state index >= 15 is 0 Å².